The predicted molar refractivity (Wildman–Crippen MR) is 158 cm³/mol. The first kappa shape index (κ1) is 26.8. The fourth-order valence-corrected chi connectivity index (χ4v) is 7.03. The number of hydrogen-bond acceptors (Lipinski definition) is 4. The number of carbonyl (C=O) groups is 1. The maximum absolute atomic E-state index is 13.7. The third kappa shape index (κ3) is 6.44. The van der Waals surface area contributed by atoms with E-state index in [-0.39, 0.29) is 11.2 Å². The molecule has 3 atom stereocenters. The lowest BCUT2D eigenvalue weighted by molar-refractivity contribution is -0.118. The molecule has 5 rings (SSSR count). The number of rotatable bonds is 10. The number of amides is 1. The molecule has 0 aromatic heterocycles. The summed E-state index contributed by atoms with van der Waals surface area (Å²) in [6, 6.07) is 28.0. The van der Waals surface area contributed by atoms with E-state index in [0.29, 0.717) is 18.7 Å². The molecule has 0 radical (unpaired) electrons. The topological polar surface area (TPSA) is 32.8 Å². The largest absolute Gasteiger partial charge is 0.489 e. The molecular formula is C33H40N2O2S. The molecule has 3 unspecified atom stereocenters. The second kappa shape index (κ2) is 12.9. The van der Waals surface area contributed by atoms with E-state index in [1.807, 2.05) is 53.4 Å². The lowest BCUT2D eigenvalue weighted by Gasteiger charge is -2.39. The maximum atomic E-state index is 13.7. The Kier molecular flexibility index (Phi) is 9.08. The maximum Gasteiger partial charge on any atom is 0.245 e. The number of para-hydroxylation sites is 1. The molecule has 0 spiro atoms. The average molecular weight is 529 g/mol. The van der Waals surface area contributed by atoms with Crippen LogP contribution in [0.1, 0.15) is 68.7 Å². The minimum atomic E-state index is -0.233. The fraction of sp³-hybridized carbons (Fsp3) is 0.424. The van der Waals surface area contributed by atoms with Gasteiger partial charge in [-0.05, 0) is 81.5 Å². The summed E-state index contributed by atoms with van der Waals surface area (Å²) in [6.07, 6.45) is 7.37. The number of fused-ring (bicyclic) bond motifs is 1. The molecule has 0 bridgehead atoms. The molecule has 1 amide bonds. The summed E-state index contributed by atoms with van der Waals surface area (Å²) in [6.45, 7) is 7.23. The van der Waals surface area contributed by atoms with Crippen LogP contribution in [0.25, 0.3) is 0 Å². The van der Waals surface area contributed by atoms with E-state index in [2.05, 4.69) is 49.1 Å². The lowest BCUT2D eigenvalue weighted by Crippen LogP contribution is -2.44. The third-order valence-corrected chi connectivity index (χ3v) is 9.31. The van der Waals surface area contributed by atoms with Gasteiger partial charge in [0.2, 0.25) is 5.91 Å². The zero-order valence-corrected chi connectivity index (χ0v) is 23.5. The fourth-order valence-electron chi connectivity index (χ4n) is 5.80. The summed E-state index contributed by atoms with van der Waals surface area (Å²) in [7, 11) is 0. The van der Waals surface area contributed by atoms with Crippen LogP contribution in [-0.2, 0) is 11.4 Å². The van der Waals surface area contributed by atoms with Crippen molar-refractivity contribution in [2.24, 2.45) is 0 Å². The molecule has 38 heavy (non-hydrogen) atoms. The summed E-state index contributed by atoms with van der Waals surface area (Å²) in [5, 5.41) is -0.233. The molecule has 0 saturated carbocycles. The van der Waals surface area contributed by atoms with E-state index in [9.17, 15) is 4.79 Å². The van der Waals surface area contributed by atoms with Crippen LogP contribution in [0.15, 0.2) is 83.8 Å². The highest BCUT2D eigenvalue weighted by Gasteiger charge is 2.34. The highest BCUT2D eigenvalue weighted by Crippen LogP contribution is 2.46. The Morgan fingerprint density at radius 3 is 2.26 bits per heavy atom. The van der Waals surface area contributed by atoms with Gasteiger partial charge in [-0.25, -0.2) is 0 Å². The number of thioether (sulfide) groups is 1. The summed E-state index contributed by atoms with van der Waals surface area (Å²) >= 11 is 1.66. The van der Waals surface area contributed by atoms with Gasteiger partial charge in [0.1, 0.15) is 17.6 Å². The van der Waals surface area contributed by atoms with Crippen LogP contribution in [0.5, 0.6) is 5.75 Å². The Labute approximate surface area is 232 Å². The molecule has 1 saturated heterocycles. The second-order valence-electron chi connectivity index (χ2n) is 10.7. The van der Waals surface area contributed by atoms with Gasteiger partial charge in [-0.15, -0.1) is 11.8 Å². The molecule has 1 fully saturated rings. The van der Waals surface area contributed by atoms with Crippen LogP contribution < -0.4 is 9.64 Å². The molecular weight excluding hydrogens is 488 g/mol. The number of benzene rings is 3. The average Bonchev–Trinajstić information content (AvgIpc) is 2.95. The molecule has 2 heterocycles. The molecule has 0 N–H and O–H groups in total. The number of anilines is 1. The first-order valence-electron chi connectivity index (χ1n) is 14.2. The molecule has 2 aliphatic heterocycles. The molecule has 4 nitrogen and oxygen atoms in total. The van der Waals surface area contributed by atoms with Crippen molar-refractivity contribution in [1.82, 2.24) is 4.90 Å². The van der Waals surface area contributed by atoms with Crippen molar-refractivity contribution >= 4 is 23.4 Å². The van der Waals surface area contributed by atoms with Crippen LogP contribution in [0, 0.1) is 0 Å². The Bertz CT molecular complexity index is 1170. The SMILES string of the molecule is CC1CCCC(C)N1CCCCCN1C(=O)C(c2ccc(OCc3ccccc3)cc2)Sc2ccccc21. The zero-order chi connectivity index (χ0) is 26.3. The lowest BCUT2D eigenvalue weighted by atomic mass is 9.97. The van der Waals surface area contributed by atoms with Gasteiger partial charge in [-0.2, -0.15) is 0 Å². The van der Waals surface area contributed by atoms with Crippen molar-refractivity contribution in [3.8, 4) is 5.75 Å². The zero-order valence-electron chi connectivity index (χ0n) is 22.7. The minimum Gasteiger partial charge on any atom is -0.489 e. The van der Waals surface area contributed by atoms with Gasteiger partial charge in [-0.1, -0.05) is 67.4 Å². The van der Waals surface area contributed by atoms with E-state index in [4.69, 9.17) is 4.74 Å². The highest BCUT2D eigenvalue weighted by atomic mass is 32.2. The molecule has 3 aromatic rings. The van der Waals surface area contributed by atoms with Gasteiger partial charge in [-0.3, -0.25) is 9.69 Å². The molecule has 200 valence electrons. The quantitative estimate of drug-likeness (QED) is 0.251. The third-order valence-electron chi connectivity index (χ3n) is 8.00. The summed E-state index contributed by atoms with van der Waals surface area (Å²) in [5.74, 6) is 1.00. The van der Waals surface area contributed by atoms with E-state index in [0.717, 1.165) is 42.0 Å². The number of carbonyl (C=O) groups excluding carboxylic acids is 1. The van der Waals surface area contributed by atoms with Gasteiger partial charge < -0.3 is 9.64 Å². The normalized spacial score (nSPS) is 21.8. The number of nitrogens with zero attached hydrogens (tertiary/aromatic N) is 2. The smallest absolute Gasteiger partial charge is 0.245 e. The minimum absolute atomic E-state index is 0.185. The van der Waals surface area contributed by atoms with Gasteiger partial charge in [0.15, 0.2) is 0 Å². The summed E-state index contributed by atoms with van der Waals surface area (Å²) < 4.78 is 5.97. The van der Waals surface area contributed by atoms with Gasteiger partial charge in [0, 0.05) is 23.5 Å². The van der Waals surface area contributed by atoms with Crippen LogP contribution in [0.3, 0.4) is 0 Å². The summed E-state index contributed by atoms with van der Waals surface area (Å²) in [5.41, 5.74) is 3.22. The predicted octanol–water partition coefficient (Wildman–Crippen LogP) is 7.88. The highest BCUT2D eigenvalue weighted by molar-refractivity contribution is 8.00. The molecule has 0 aliphatic carbocycles. The molecule has 3 aromatic carbocycles. The number of ether oxygens (including phenoxy) is 1. The van der Waals surface area contributed by atoms with Crippen molar-refractivity contribution in [1.29, 1.82) is 0 Å². The number of piperidine rings is 1. The Hall–Kier alpha value is -2.76. The molecule has 5 heteroatoms. The van der Waals surface area contributed by atoms with Gasteiger partial charge in [0.25, 0.3) is 0 Å². The first-order chi connectivity index (χ1) is 18.6. The van der Waals surface area contributed by atoms with Crippen molar-refractivity contribution in [3.05, 3.63) is 90.0 Å². The van der Waals surface area contributed by atoms with Crippen molar-refractivity contribution in [2.75, 3.05) is 18.0 Å². The van der Waals surface area contributed by atoms with Crippen LogP contribution in [0.4, 0.5) is 5.69 Å². The standard InChI is InChI=1S/C33H40N2O2S/c1-25-12-11-13-26(2)34(25)22-9-4-10-23-35-30-16-7-8-17-31(30)38-32(33(35)36)28-18-20-29(21-19-28)37-24-27-14-5-3-6-15-27/h3,5-8,14-21,25-26,32H,4,9-13,22-24H2,1-2H3. The Morgan fingerprint density at radius 2 is 1.50 bits per heavy atom. The molecule has 2 aliphatic rings. The van der Waals surface area contributed by atoms with Crippen LogP contribution in [-0.4, -0.2) is 36.0 Å². The van der Waals surface area contributed by atoms with E-state index in [1.54, 1.807) is 11.8 Å². The monoisotopic (exact) mass is 528 g/mol. The van der Waals surface area contributed by atoms with Crippen molar-refractivity contribution in [3.63, 3.8) is 0 Å². The number of hydrogen-bond donors (Lipinski definition) is 0. The van der Waals surface area contributed by atoms with Crippen LogP contribution >= 0.6 is 11.8 Å². The van der Waals surface area contributed by atoms with Crippen LogP contribution in [0.2, 0.25) is 0 Å². The van der Waals surface area contributed by atoms with E-state index < -0.39 is 0 Å². The number of unbranched alkanes of at least 4 members (excludes halogenated alkanes) is 2. The van der Waals surface area contributed by atoms with Gasteiger partial charge in [0.05, 0.1) is 5.69 Å². The Balaban J connectivity index is 1.19. The van der Waals surface area contributed by atoms with Crippen molar-refractivity contribution in [2.45, 2.75) is 81.2 Å². The van der Waals surface area contributed by atoms with E-state index >= 15 is 0 Å². The van der Waals surface area contributed by atoms with Gasteiger partial charge >= 0.3 is 0 Å². The Morgan fingerprint density at radius 1 is 0.816 bits per heavy atom. The summed E-state index contributed by atoms with van der Waals surface area (Å²) in [4.78, 5) is 19.6. The first-order valence-corrected chi connectivity index (χ1v) is 15.1. The second-order valence-corrected chi connectivity index (χ2v) is 11.9. The number of likely N-dealkylation sites (tertiary alicyclic amines) is 1. The van der Waals surface area contributed by atoms with E-state index in [1.165, 1.54) is 37.1 Å². The van der Waals surface area contributed by atoms with Crippen molar-refractivity contribution < 1.29 is 9.53 Å².